The maximum absolute atomic E-state index is 9.53. The zero-order valence-electron chi connectivity index (χ0n) is 12.2. The van der Waals surface area contributed by atoms with Crippen LogP contribution in [-0.4, -0.2) is 10.5 Å². The summed E-state index contributed by atoms with van der Waals surface area (Å²) in [6.07, 6.45) is 0. The highest BCUT2D eigenvalue weighted by molar-refractivity contribution is 5.31. The van der Waals surface area contributed by atoms with Crippen molar-refractivity contribution < 1.29 is 19.6 Å². The first-order valence-electron chi connectivity index (χ1n) is 7.03. The first-order chi connectivity index (χ1) is 11.3. The van der Waals surface area contributed by atoms with E-state index in [-0.39, 0.29) is 5.75 Å². The van der Waals surface area contributed by atoms with Crippen LogP contribution in [0.3, 0.4) is 0 Å². The van der Waals surface area contributed by atoms with E-state index < -0.39 is 0 Å². The van der Waals surface area contributed by atoms with E-state index in [9.17, 15) is 5.11 Å². The summed E-state index contributed by atoms with van der Waals surface area (Å²) in [6.45, 7) is 0. The van der Waals surface area contributed by atoms with Crippen molar-refractivity contribution in [2.45, 2.75) is 0 Å². The van der Waals surface area contributed by atoms with Gasteiger partial charge in [-0.3, -0.25) is 0 Å². The maximum atomic E-state index is 9.53. The van der Waals surface area contributed by atoms with Crippen LogP contribution in [0.1, 0.15) is 0 Å². The van der Waals surface area contributed by atoms with E-state index in [0.717, 1.165) is 5.39 Å². The minimum atomic E-state index is 0.0851. The standard InChI is InChI=1S/C18H15NO4/c20-15-8-7-13-18(14-15)23-19(21-16-9-3-1-4-10-16)22-17-11-5-2-6-12-17/h1-14,20H. The van der Waals surface area contributed by atoms with Crippen LogP contribution < -0.4 is 14.5 Å². The smallest absolute Gasteiger partial charge is 0.234 e. The Labute approximate surface area is 133 Å². The summed E-state index contributed by atoms with van der Waals surface area (Å²) in [5.41, 5.74) is 0. The lowest BCUT2D eigenvalue weighted by molar-refractivity contribution is -0.408. The van der Waals surface area contributed by atoms with Crippen LogP contribution >= 0.6 is 0 Å². The summed E-state index contributed by atoms with van der Waals surface area (Å²) < 4.78 is 0. The lowest BCUT2D eigenvalue weighted by Crippen LogP contribution is -2.34. The van der Waals surface area contributed by atoms with Crippen molar-refractivity contribution in [2.24, 2.45) is 0 Å². The second-order valence-electron chi connectivity index (χ2n) is 4.62. The van der Waals surface area contributed by atoms with E-state index in [1.165, 1.54) is 6.07 Å². The van der Waals surface area contributed by atoms with Crippen LogP contribution in [-0.2, 0) is 0 Å². The summed E-state index contributed by atoms with van der Waals surface area (Å²) in [5.74, 6) is 1.55. The molecule has 0 saturated heterocycles. The number of rotatable bonds is 6. The van der Waals surface area contributed by atoms with Crippen LogP contribution in [0.5, 0.6) is 23.0 Å². The topological polar surface area (TPSA) is 51.2 Å². The van der Waals surface area contributed by atoms with Gasteiger partial charge in [0.2, 0.25) is 5.39 Å². The quantitative estimate of drug-likeness (QED) is 0.698. The molecule has 5 nitrogen and oxygen atoms in total. The van der Waals surface area contributed by atoms with Gasteiger partial charge in [-0.2, -0.15) is 0 Å². The molecule has 0 aliphatic rings. The molecule has 0 heterocycles. The fourth-order valence-corrected chi connectivity index (χ4v) is 1.82. The number of phenolic OH excluding ortho intramolecular Hbond substituents is 1. The Morgan fingerprint density at radius 3 is 1.57 bits per heavy atom. The zero-order chi connectivity index (χ0) is 15.9. The molecular formula is C18H15NO4. The molecule has 3 aromatic rings. The second-order valence-corrected chi connectivity index (χ2v) is 4.62. The Morgan fingerprint density at radius 1 is 0.565 bits per heavy atom. The molecule has 0 aliphatic carbocycles. The van der Waals surface area contributed by atoms with Crippen molar-refractivity contribution in [3.05, 3.63) is 84.9 Å². The number of hydrogen-bond donors (Lipinski definition) is 1. The van der Waals surface area contributed by atoms with E-state index in [4.69, 9.17) is 14.5 Å². The Balaban J connectivity index is 1.77. The van der Waals surface area contributed by atoms with Gasteiger partial charge in [0.25, 0.3) is 0 Å². The van der Waals surface area contributed by atoms with Crippen molar-refractivity contribution in [2.75, 3.05) is 0 Å². The highest BCUT2D eigenvalue weighted by atomic mass is 17.2. The molecule has 1 N–H and O–H groups in total. The van der Waals surface area contributed by atoms with Gasteiger partial charge in [-0.1, -0.05) is 42.5 Å². The molecule has 3 aromatic carbocycles. The fraction of sp³-hybridized carbons (Fsp3) is 0. The molecule has 0 unspecified atom stereocenters. The maximum Gasteiger partial charge on any atom is 0.234 e. The van der Waals surface area contributed by atoms with Gasteiger partial charge in [-0.15, -0.1) is 0 Å². The number of phenols is 1. The van der Waals surface area contributed by atoms with Crippen LogP contribution in [0.15, 0.2) is 84.9 Å². The predicted molar refractivity (Wildman–Crippen MR) is 84.7 cm³/mol. The molecule has 0 bridgehead atoms. The predicted octanol–water partition coefficient (Wildman–Crippen LogP) is 3.98. The Morgan fingerprint density at radius 2 is 1.04 bits per heavy atom. The highest BCUT2D eigenvalue weighted by Crippen LogP contribution is 2.21. The van der Waals surface area contributed by atoms with Gasteiger partial charge in [0.05, 0.1) is 0 Å². The molecule has 0 aromatic heterocycles. The zero-order valence-corrected chi connectivity index (χ0v) is 12.2. The summed E-state index contributed by atoms with van der Waals surface area (Å²) in [7, 11) is 0. The van der Waals surface area contributed by atoms with Gasteiger partial charge in [-0.25, -0.2) is 0 Å². The van der Waals surface area contributed by atoms with Gasteiger partial charge in [0, 0.05) is 6.07 Å². The number of nitrogens with zero attached hydrogens (tertiary/aromatic N) is 1. The largest absolute Gasteiger partial charge is 0.508 e. The molecule has 0 radical (unpaired) electrons. The van der Waals surface area contributed by atoms with Crippen LogP contribution in [0.4, 0.5) is 0 Å². The number of benzene rings is 3. The van der Waals surface area contributed by atoms with Crippen molar-refractivity contribution >= 4 is 0 Å². The van der Waals surface area contributed by atoms with Crippen molar-refractivity contribution in [1.29, 1.82) is 0 Å². The molecule has 0 aliphatic heterocycles. The van der Waals surface area contributed by atoms with Crippen molar-refractivity contribution in [3.63, 3.8) is 0 Å². The van der Waals surface area contributed by atoms with Gasteiger partial charge >= 0.3 is 0 Å². The third-order valence-corrected chi connectivity index (χ3v) is 2.84. The minimum absolute atomic E-state index is 0.0851. The molecule has 0 spiro atoms. The lowest BCUT2D eigenvalue weighted by Gasteiger charge is -2.20. The fourth-order valence-electron chi connectivity index (χ4n) is 1.82. The summed E-state index contributed by atoms with van der Waals surface area (Å²) >= 11 is 0. The van der Waals surface area contributed by atoms with Gasteiger partial charge < -0.3 is 19.6 Å². The van der Waals surface area contributed by atoms with E-state index in [0.29, 0.717) is 17.2 Å². The normalized spacial score (nSPS) is 10.3. The molecule has 23 heavy (non-hydrogen) atoms. The summed E-state index contributed by atoms with van der Waals surface area (Å²) in [6, 6.07) is 24.5. The number of para-hydroxylation sites is 2. The Hall–Kier alpha value is -3.18. The van der Waals surface area contributed by atoms with Crippen LogP contribution in [0.25, 0.3) is 0 Å². The van der Waals surface area contributed by atoms with Crippen LogP contribution in [0, 0.1) is 0 Å². The van der Waals surface area contributed by atoms with Gasteiger partial charge in [0.15, 0.2) is 17.2 Å². The van der Waals surface area contributed by atoms with Gasteiger partial charge in [-0.05, 0) is 36.4 Å². The first kappa shape index (κ1) is 14.7. The minimum Gasteiger partial charge on any atom is -0.508 e. The van der Waals surface area contributed by atoms with Crippen molar-refractivity contribution in [3.8, 4) is 23.0 Å². The Bertz CT molecular complexity index is 693. The SMILES string of the molecule is Oc1cccc(ON(Oc2ccccc2)Oc2ccccc2)c1. The summed E-state index contributed by atoms with van der Waals surface area (Å²) in [5, 5.41) is 10.4. The third kappa shape index (κ3) is 4.39. The number of aromatic hydroxyl groups is 1. The average Bonchev–Trinajstić information content (AvgIpc) is 2.57. The molecule has 0 amide bonds. The molecule has 0 atom stereocenters. The molecule has 3 rings (SSSR count). The first-order valence-corrected chi connectivity index (χ1v) is 7.03. The van der Waals surface area contributed by atoms with Gasteiger partial charge in [0.1, 0.15) is 5.75 Å². The van der Waals surface area contributed by atoms with E-state index in [1.54, 1.807) is 42.5 Å². The van der Waals surface area contributed by atoms with E-state index in [1.807, 2.05) is 36.4 Å². The second kappa shape index (κ2) is 7.20. The third-order valence-electron chi connectivity index (χ3n) is 2.84. The van der Waals surface area contributed by atoms with Crippen molar-refractivity contribution in [1.82, 2.24) is 5.39 Å². The number of hydrogen-bond acceptors (Lipinski definition) is 5. The van der Waals surface area contributed by atoms with E-state index >= 15 is 0 Å². The average molecular weight is 309 g/mol. The lowest BCUT2D eigenvalue weighted by atomic mass is 10.3. The molecular weight excluding hydrogens is 294 g/mol. The summed E-state index contributed by atoms with van der Waals surface area (Å²) in [4.78, 5) is 16.7. The van der Waals surface area contributed by atoms with E-state index in [2.05, 4.69) is 0 Å². The monoisotopic (exact) mass is 309 g/mol. The Kier molecular flexibility index (Phi) is 4.61. The molecule has 5 heteroatoms. The molecule has 0 fully saturated rings. The molecule has 116 valence electrons. The van der Waals surface area contributed by atoms with Crippen LogP contribution in [0.2, 0.25) is 0 Å². The highest BCUT2D eigenvalue weighted by Gasteiger charge is 2.13. The molecule has 0 saturated carbocycles.